The van der Waals surface area contributed by atoms with Crippen LogP contribution in [0.4, 0.5) is 10.1 Å². The van der Waals surface area contributed by atoms with Crippen molar-refractivity contribution in [2.75, 3.05) is 18.5 Å². The molecule has 1 rings (SSSR count). The molecule has 0 heterocycles. The predicted molar refractivity (Wildman–Crippen MR) is 69.3 cm³/mol. The Morgan fingerprint density at radius 3 is 2.68 bits per heavy atom. The Morgan fingerprint density at radius 2 is 2.11 bits per heavy atom. The van der Waals surface area contributed by atoms with Gasteiger partial charge in [-0.3, -0.25) is 9.59 Å². The van der Waals surface area contributed by atoms with Crippen LogP contribution < -0.4 is 10.6 Å². The molecule has 2 amide bonds. The van der Waals surface area contributed by atoms with Crippen molar-refractivity contribution < 1.29 is 19.1 Å². The third-order valence-electron chi connectivity index (χ3n) is 2.31. The zero-order valence-electron chi connectivity index (χ0n) is 10.2. The number of carbonyl (C=O) groups is 2. The summed E-state index contributed by atoms with van der Waals surface area (Å²) in [7, 11) is 0. The van der Waals surface area contributed by atoms with E-state index in [1.807, 2.05) is 0 Å². The summed E-state index contributed by atoms with van der Waals surface area (Å²) in [6.07, 6.45) is 0. The number of hydrogen-bond donors (Lipinski definition) is 3. The molecule has 0 saturated heterocycles. The molecule has 5 nitrogen and oxygen atoms in total. The molecule has 104 valence electrons. The Labute approximate surface area is 114 Å². The smallest absolute Gasteiger partial charge is 0.313 e. The van der Waals surface area contributed by atoms with E-state index in [1.54, 1.807) is 6.92 Å². The number of anilines is 1. The van der Waals surface area contributed by atoms with Crippen LogP contribution in [0.3, 0.4) is 0 Å². The van der Waals surface area contributed by atoms with E-state index >= 15 is 0 Å². The highest BCUT2D eigenvalue weighted by atomic mass is 35.5. The Kier molecular flexibility index (Phi) is 5.72. The molecule has 0 radical (unpaired) electrons. The molecule has 3 N–H and O–H groups in total. The summed E-state index contributed by atoms with van der Waals surface area (Å²) in [5.74, 6) is -2.47. The average Bonchev–Trinajstić information content (AvgIpc) is 2.39. The molecule has 19 heavy (non-hydrogen) atoms. The van der Waals surface area contributed by atoms with Gasteiger partial charge >= 0.3 is 11.8 Å². The van der Waals surface area contributed by atoms with Crippen molar-refractivity contribution in [3.63, 3.8) is 0 Å². The summed E-state index contributed by atoms with van der Waals surface area (Å²) in [5.41, 5.74) is 0.224. The van der Waals surface area contributed by atoms with E-state index in [9.17, 15) is 14.0 Å². The maximum Gasteiger partial charge on any atom is 0.313 e. The van der Waals surface area contributed by atoms with Crippen LogP contribution in [0.25, 0.3) is 0 Å². The van der Waals surface area contributed by atoms with Gasteiger partial charge in [0.15, 0.2) is 0 Å². The summed E-state index contributed by atoms with van der Waals surface area (Å²) in [6, 6.07) is 3.59. The molecule has 0 saturated carbocycles. The standard InChI is InChI=1S/C12H14ClFN2O3/c1-7(6-17)5-15-11(18)12(19)16-8-2-3-10(14)9(13)4-8/h2-4,7,17H,5-6H2,1H3,(H,15,18)(H,16,19). The lowest BCUT2D eigenvalue weighted by molar-refractivity contribution is -0.136. The van der Waals surface area contributed by atoms with Crippen molar-refractivity contribution in [2.24, 2.45) is 5.92 Å². The Bertz CT molecular complexity index is 482. The molecule has 0 aliphatic rings. The number of rotatable bonds is 4. The van der Waals surface area contributed by atoms with Gasteiger partial charge in [0, 0.05) is 18.8 Å². The molecule has 0 aromatic heterocycles. The predicted octanol–water partition coefficient (Wildman–Crippen LogP) is 1.16. The SMILES string of the molecule is CC(CO)CNC(=O)C(=O)Nc1ccc(F)c(Cl)c1. The van der Waals surface area contributed by atoms with Gasteiger partial charge in [0.25, 0.3) is 0 Å². The largest absolute Gasteiger partial charge is 0.396 e. The lowest BCUT2D eigenvalue weighted by Gasteiger charge is -2.10. The van der Waals surface area contributed by atoms with Crippen LogP contribution in [0.2, 0.25) is 5.02 Å². The van der Waals surface area contributed by atoms with Gasteiger partial charge in [0.2, 0.25) is 0 Å². The van der Waals surface area contributed by atoms with E-state index in [2.05, 4.69) is 10.6 Å². The van der Waals surface area contributed by atoms with Crippen molar-refractivity contribution in [1.29, 1.82) is 0 Å². The molecule has 1 unspecified atom stereocenters. The van der Waals surface area contributed by atoms with Crippen LogP contribution in [0.15, 0.2) is 18.2 Å². The third-order valence-corrected chi connectivity index (χ3v) is 2.60. The molecule has 0 spiro atoms. The number of benzene rings is 1. The average molecular weight is 289 g/mol. The highest BCUT2D eigenvalue weighted by Gasteiger charge is 2.14. The minimum Gasteiger partial charge on any atom is -0.396 e. The fourth-order valence-corrected chi connectivity index (χ4v) is 1.35. The highest BCUT2D eigenvalue weighted by Crippen LogP contribution is 2.19. The zero-order chi connectivity index (χ0) is 14.4. The lowest BCUT2D eigenvalue weighted by atomic mass is 10.2. The van der Waals surface area contributed by atoms with Crippen LogP contribution in [0, 0.1) is 11.7 Å². The highest BCUT2D eigenvalue weighted by molar-refractivity contribution is 6.39. The number of halogens is 2. The van der Waals surface area contributed by atoms with Crippen LogP contribution in [0.5, 0.6) is 0 Å². The van der Waals surface area contributed by atoms with E-state index in [-0.39, 0.29) is 29.8 Å². The number of nitrogens with one attached hydrogen (secondary N) is 2. The van der Waals surface area contributed by atoms with Gasteiger partial charge in [-0.15, -0.1) is 0 Å². The summed E-state index contributed by atoms with van der Waals surface area (Å²) >= 11 is 5.54. The molecule has 1 aromatic carbocycles. The fourth-order valence-electron chi connectivity index (χ4n) is 1.17. The molecule has 0 fully saturated rings. The minimum absolute atomic E-state index is 0.0878. The first kappa shape index (κ1) is 15.4. The van der Waals surface area contributed by atoms with Gasteiger partial charge in [-0.05, 0) is 24.1 Å². The molecular weight excluding hydrogens is 275 g/mol. The Balaban J connectivity index is 2.54. The summed E-state index contributed by atoms with van der Waals surface area (Å²) < 4.78 is 12.9. The van der Waals surface area contributed by atoms with Crippen molar-refractivity contribution >= 4 is 29.1 Å². The van der Waals surface area contributed by atoms with E-state index in [0.29, 0.717) is 0 Å². The molecule has 0 aliphatic heterocycles. The quantitative estimate of drug-likeness (QED) is 0.728. The van der Waals surface area contributed by atoms with E-state index in [0.717, 1.165) is 6.07 Å². The van der Waals surface area contributed by atoms with Crippen molar-refractivity contribution in [1.82, 2.24) is 5.32 Å². The first-order valence-electron chi connectivity index (χ1n) is 5.59. The number of amides is 2. The van der Waals surface area contributed by atoms with Gasteiger partial charge in [-0.1, -0.05) is 18.5 Å². The Morgan fingerprint density at radius 1 is 1.42 bits per heavy atom. The van der Waals surface area contributed by atoms with Gasteiger partial charge in [-0.25, -0.2) is 4.39 Å². The van der Waals surface area contributed by atoms with Crippen LogP contribution in [0.1, 0.15) is 6.92 Å². The second-order valence-electron chi connectivity index (χ2n) is 4.08. The van der Waals surface area contributed by atoms with E-state index < -0.39 is 17.6 Å². The molecular formula is C12H14ClFN2O3. The molecule has 0 bridgehead atoms. The molecule has 1 atom stereocenters. The van der Waals surface area contributed by atoms with E-state index in [1.165, 1.54) is 12.1 Å². The number of hydrogen-bond acceptors (Lipinski definition) is 3. The maximum atomic E-state index is 12.9. The van der Waals surface area contributed by atoms with Gasteiger partial charge in [0.1, 0.15) is 5.82 Å². The molecule has 1 aromatic rings. The zero-order valence-corrected chi connectivity index (χ0v) is 11.0. The number of aliphatic hydroxyl groups is 1. The van der Waals surface area contributed by atoms with Gasteiger partial charge in [-0.2, -0.15) is 0 Å². The van der Waals surface area contributed by atoms with Crippen LogP contribution >= 0.6 is 11.6 Å². The Hall–Kier alpha value is -1.66. The second kappa shape index (κ2) is 7.06. The van der Waals surface area contributed by atoms with Crippen LogP contribution in [-0.2, 0) is 9.59 Å². The topological polar surface area (TPSA) is 78.4 Å². The first-order valence-corrected chi connectivity index (χ1v) is 5.97. The number of aliphatic hydroxyl groups excluding tert-OH is 1. The third kappa shape index (κ3) is 4.84. The van der Waals surface area contributed by atoms with Gasteiger partial charge in [0.05, 0.1) is 5.02 Å². The fraction of sp³-hybridized carbons (Fsp3) is 0.333. The lowest BCUT2D eigenvalue weighted by Crippen LogP contribution is -2.38. The summed E-state index contributed by atoms with van der Waals surface area (Å²) in [5, 5.41) is 13.3. The normalized spacial score (nSPS) is 11.8. The maximum absolute atomic E-state index is 12.9. The molecule has 0 aliphatic carbocycles. The minimum atomic E-state index is -0.882. The number of carbonyl (C=O) groups excluding carboxylic acids is 2. The van der Waals surface area contributed by atoms with E-state index in [4.69, 9.17) is 16.7 Å². The van der Waals surface area contributed by atoms with Crippen LogP contribution in [-0.4, -0.2) is 30.1 Å². The van der Waals surface area contributed by atoms with Crippen molar-refractivity contribution in [3.8, 4) is 0 Å². The van der Waals surface area contributed by atoms with Gasteiger partial charge < -0.3 is 15.7 Å². The first-order chi connectivity index (χ1) is 8.93. The monoisotopic (exact) mass is 288 g/mol. The second-order valence-corrected chi connectivity index (χ2v) is 4.49. The summed E-state index contributed by atoms with van der Waals surface area (Å²) in [6.45, 7) is 1.82. The van der Waals surface area contributed by atoms with Crippen molar-refractivity contribution in [2.45, 2.75) is 6.92 Å². The molecule has 7 heteroatoms. The summed E-state index contributed by atoms with van der Waals surface area (Å²) in [4.78, 5) is 22.9. The van der Waals surface area contributed by atoms with Crippen molar-refractivity contribution in [3.05, 3.63) is 29.0 Å².